The molecule has 1 aromatic carbocycles. The zero-order chi connectivity index (χ0) is 17.4. The van der Waals surface area contributed by atoms with Crippen LogP contribution in [0.5, 0.6) is 0 Å². The smallest absolute Gasteiger partial charge is 0.317 e. The molecule has 134 valence electrons. The van der Waals surface area contributed by atoms with Crippen LogP contribution in [0.4, 0.5) is 4.79 Å². The van der Waals surface area contributed by atoms with E-state index in [4.69, 9.17) is 0 Å². The van der Waals surface area contributed by atoms with Gasteiger partial charge in [-0.3, -0.25) is 4.90 Å². The summed E-state index contributed by atoms with van der Waals surface area (Å²) in [6, 6.07) is 7.25. The van der Waals surface area contributed by atoms with Crippen LogP contribution >= 0.6 is 0 Å². The average Bonchev–Trinajstić information content (AvgIpc) is 3.42. The Kier molecular flexibility index (Phi) is 4.42. The molecule has 2 fully saturated rings. The number of hydrogen-bond acceptors (Lipinski definition) is 2. The highest BCUT2D eigenvalue weighted by Crippen LogP contribution is 2.27. The molecular formula is C20H28N4O. The number of aromatic amines is 1. The third kappa shape index (κ3) is 3.52. The van der Waals surface area contributed by atoms with E-state index in [-0.39, 0.29) is 6.03 Å². The number of H-pyrrole nitrogens is 1. The summed E-state index contributed by atoms with van der Waals surface area (Å²) in [4.78, 5) is 20.5. The first-order valence-corrected chi connectivity index (χ1v) is 9.46. The minimum atomic E-state index is 0.0692. The van der Waals surface area contributed by atoms with Crippen LogP contribution in [0.25, 0.3) is 10.9 Å². The third-order valence-corrected chi connectivity index (χ3v) is 5.70. The average molecular weight is 340 g/mol. The summed E-state index contributed by atoms with van der Waals surface area (Å²) < 4.78 is 0. The van der Waals surface area contributed by atoms with Crippen molar-refractivity contribution in [3.05, 3.63) is 35.0 Å². The molecule has 2 amide bonds. The first-order chi connectivity index (χ1) is 12.1. The second-order valence-electron chi connectivity index (χ2n) is 7.52. The molecule has 2 aliphatic rings. The summed E-state index contributed by atoms with van der Waals surface area (Å²) in [5, 5.41) is 4.35. The Labute approximate surface area is 149 Å². The molecule has 2 aromatic rings. The maximum absolute atomic E-state index is 12.5. The van der Waals surface area contributed by atoms with E-state index in [9.17, 15) is 4.79 Å². The van der Waals surface area contributed by atoms with Gasteiger partial charge in [0.1, 0.15) is 0 Å². The summed E-state index contributed by atoms with van der Waals surface area (Å²) in [6.07, 6.45) is 3.76. The Hall–Kier alpha value is -2.01. The van der Waals surface area contributed by atoms with Crippen LogP contribution in [0.2, 0.25) is 0 Å². The van der Waals surface area contributed by atoms with E-state index in [1.807, 2.05) is 4.90 Å². The van der Waals surface area contributed by atoms with Crippen LogP contribution < -0.4 is 5.32 Å². The fraction of sp³-hybridized carbons (Fsp3) is 0.550. The van der Waals surface area contributed by atoms with Crippen molar-refractivity contribution in [1.29, 1.82) is 0 Å². The van der Waals surface area contributed by atoms with Gasteiger partial charge in [0, 0.05) is 55.4 Å². The fourth-order valence-corrected chi connectivity index (χ4v) is 3.85. The SMILES string of the molecule is Cc1[nH]c2ccc(CNC(=O)N3CCCN(C4CC4)CC3)cc2c1C. The Balaban J connectivity index is 1.35. The molecule has 2 N–H and O–H groups in total. The monoisotopic (exact) mass is 340 g/mol. The molecular weight excluding hydrogens is 312 g/mol. The van der Waals surface area contributed by atoms with Gasteiger partial charge in [-0.15, -0.1) is 0 Å². The van der Waals surface area contributed by atoms with Crippen molar-refractivity contribution in [1.82, 2.24) is 20.1 Å². The van der Waals surface area contributed by atoms with Crippen LogP contribution in [0, 0.1) is 13.8 Å². The first-order valence-electron chi connectivity index (χ1n) is 9.46. The van der Waals surface area contributed by atoms with Crippen molar-refractivity contribution in [3.8, 4) is 0 Å². The fourth-order valence-electron chi connectivity index (χ4n) is 3.85. The Morgan fingerprint density at radius 2 is 2.04 bits per heavy atom. The molecule has 0 atom stereocenters. The largest absolute Gasteiger partial charge is 0.358 e. The number of urea groups is 1. The Morgan fingerprint density at radius 3 is 2.84 bits per heavy atom. The number of nitrogens with zero attached hydrogens (tertiary/aromatic N) is 2. The number of carbonyl (C=O) groups is 1. The summed E-state index contributed by atoms with van der Waals surface area (Å²) >= 11 is 0. The normalized spacial score (nSPS) is 19.2. The molecule has 1 saturated heterocycles. The number of rotatable bonds is 3. The zero-order valence-corrected chi connectivity index (χ0v) is 15.3. The van der Waals surface area contributed by atoms with Crippen LogP contribution in [0.1, 0.15) is 36.1 Å². The van der Waals surface area contributed by atoms with Crippen molar-refractivity contribution in [2.24, 2.45) is 0 Å². The number of hydrogen-bond donors (Lipinski definition) is 2. The quantitative estimate of drug-likeness (QED) is 0.902. The van der Waals surface area contributed by atoms with Crippen LogP contribution in [-0.4, -0.2) is 53.0 Å². The number of benzene rings is 1. The van der Waals surface area contributed by atoms with Gasteiger partial charge in [0.15, 0.2) is 0 Å². The Morgan fingerprint density at radius 1 is 1.20 bits per heavy atom. The van der Waals surface area contributed by atoms with E-state index in [0.717, 1.165) is 49.7 Å². The highest BCUT2D eigenvalue weighted by Gasteiger charge is 2.30. The lowest BCUT2D eigenvalue weighted by Crippen LogP contribution is -2.41. The van der Waals surface area contributed by atoms with Gasteiger partial charge in [-0.05, 0) is 56.4 Å². The van der Waals surface area contributed by atoms with E-state index in [1.54, 1.807) is 0 Å². The van der Waals surface area contributed by atoms with E-state index < -0.39 is 0 Å². The molecule has 5 nitrogen and oxygen atoms in total. The number of fused-ring (bicyclic) bond motifs is 1. The molecule has 25 heavy (non-hydrogen) atoms. The highest BCUT2D eigenvalue weighted by molar-refractivity contribution is 5.85. The van der Waals surface area contributed by atoms with Crippen LogP contribution in [0.3, 0.4) is 0 Å². The standard InChI is InChI=1S/C20H28N4O/c1-14-15(2)22-19-7-4-16(12-18(14)19)13-21-20(25)24-9-3-8-23(10-11-24)17-5-6-17/h4,7,12,17,22H,3,5-6,8-11,13H2,1-2H3,(H,21,25). The van der Waals surface area contributed by atoms with Crippen LogP contribution in [-0.2, 0) is 6.54 Å². The van der Waals surface area contributed by atoms with Gasteiger partial charge in [-0.25, -0.2) is 4.79 Å². The molecule has 1 saturated carbocycles. The van der Waals surface area contributed by atoms with E-state index in [2.05, 4.69) is 47.2 Å². The van der Waals surface area contributed by atoms with Gasteiger partial charge >= 0.3 is 6.03 Å². The Bertz CT molecular complexity index is 777. The van der Waals surface area contributed by atoms with E-state index in [1.165, 1.54) is 29.5 Å². The van der Waals surface area contributed by atoms with Gasteiger partial charge in [0.05, 0.1) is 0 Å². The molecule has 0 unspecified atom stereocenters. The zero-order valence-electron chi connectivity index (χ0n) is 15.3. The van der Waals surface area contributed by atoms with Crippen molar-refractivity contribution in [2.75, 3.05) is 26.2 Å². The number of aromatic nitrogens is 1. The lowest BCUT2D eigenvalue weighted by molar-refractivity contribution is 0.197. The van der Waals surface area contributed by atoms with Crippen molar-refractivity contribution < 1.29 is 4.79 Å². The lowest BCUT2D eigenvalue weighted by Gasteiger charge is -2.22. The maximum atomic E-state index is 12.5. The van der Waals surface area contributed by atoms with E-state index >= 15 is 0 Å². The summed E-state index contributed by atoms with van der Waals surface area (Å²) in [5.41, 5.74) is 4.81. The minimum absolute atomic E-state index is 0.0692. The number of amides is 2. The molecule has 1 aliphatic heterocycles. The third-order valence-electron chi connectivity index (χ3n) is 5.70. The van der Waals surface area contributed by atoms with Gasteiger partial charge < -0.3 is 15.2 Å². The summed E-state index contributed by atoms with van der Waals surface area (Å²) in [6.45, 7) is 8.69. The lowest BCUT2D eigenvalue weighted by atomic mass is 10.1. The number of carbonyl (C=O) groups excluding carboxylic acids is 1. The molecule has 0 radical (unpaired) electrons. The molecule has 2 heterocycles. The summed E-state index contributed by atoms with van der Waals surface area (Å²) in [5.74, 6) is 0. The maximum Gasteiger partial charge on any atom is 0.317 e. The molecule has 5 heteroatoms. The van der Waals surface area contributed by atoms with Crippen molar-refractivity contribution in [2.45, 2.75) is 45.7 Å². The van der Waals surface area contributed by atoms with Crippen molar-refractivity contribution >= 4 is 16.9 Å². The van der Waals surface area contributed by atoms with Crippen molar-refractivity contribution in [3.63, 3.8) is 0 Å². The van der Waals surface area contributed by atoms with Gasteiger partial charge in [0.2, 0.25) is 0 Å². The molecule has 0 bridgehead atoms. The molecule has 1 aromatic heterocycles. The number of nitrogens with one attached hydrogen (secondary N) is 2. The van der Waals surface area contributed by atoms with Crippen LogP contribution in [0.15, 0.2) is 18.2 Å². The minimum Gasteiger partial charge on any atom is -0.358 e. The second kappa shape index (κ2) is 6.71. The second-order valence-corrected chi connectivity index (χ2v) is 7.52. The van der Waals surface area contributed by atoms with E-state index in [0.29, 0.717) is 6.54 Å². The number of aryl methyl sites for hydroxylation is 2. The van der Waals surface area contributed by atoms with Gasteiger partial charge in [-0.1, -0.05) is 6.07 Å². The summed E-state index contributed by atoms with van der Waals surface area (Å²) in [7, 11) is 0. The predicted molar refractivity (Wildman–Crippen MR) is 101 cm³/mol. The topological polar surface area (TPSA) is 51.4 Å². The molecule has 0 spiro atoms. The first kappa shape index (κ1) is 16.5. The predicted octanol–water partition coefficient (Wildman–Crippen LogP) is 3.16. The highest BCUT2D eigenvalue weighted by atomic mass is 16.2. The molecule has 4 rings (SSSR count). The van der Waals surface area contributed by atoms with Gasteiger partial charge in [-0.2, -0.15) is 0 Å². The van der Waals surface area contributed by atoms with Gasteiger partial charge in [0.25, 0.3) is 0 Å². The molecule has 1 aliphatic carbocycles.